The lowest BCUT2D eigenvalue weighted by Gasteiger charge is -2.20. The summed E-state index contributed by atoms with van der Waals surface area (Å²) in [6.45, 7) is 0. The van der Waals surface area contributed by atoms with Gasteiger partial charge in [0.25, 0.3) is 0 Å². The molecule has 0 bridgehead atoms. The molecule has 0 N–H and O–H groups in total. The van der Waals surface area contributed by atoms with Crippen LogP contribution in [-0.2, 0) is 0 Å². The fourth-order valence-electron chi connectivity index (χ4n) is 2.11. The summed E-state index contributed by atoms with van der Waals surface area (Å²) in [4.78, 5) is 0. The second-order valence-corrected chi connectivity index (χ2v) is 10.5. The lowest BCUT2D eigenvalue weighted by atomic mass is 10.2. The summed E-state index contributed by atoms with van der Waals surface area (Å²) < 4.78 is 1.76. The van der Waals surface area contributed by atoms with Crippen LogP contribution in [0.5, 0.6) is 0 Å². The van der Waals surface area contributed by atoms with Crippen molar-refractivity contribution in [2.24, 2.45) is 0 Å². The number of thioether (sulfide) groups is 4. The molecule has 0 unspecified atom stereocenters. The van der Waals surface area contributed by atoms with Gasteiger partial charge in [-0.15, -0.1) is 47.0 Å². The van der Waals surface area contributed by atoms with Crippen LogP contribution in [0.1, 0.15) is 38.5 Å². The summed E-state index contributed by atoms with van der Waals surface area (Å²) in [6.07, 6.45) is 13.0. The van der Waals surface area contributed by atoms with Crippen molar-refractivity contribution in [3.63, 3.8) is 0 Å². The molecule has 104 valence electrons. The fraction of sp³-hybridized carbons (Fsp3) is 0.857. The lowest BCUT2D eigenvalue weighted by Crippen LogP contribution is -2.06. The van der Waals surface area contributed by atoms with Crippen LogP contribution in [0.3, 0.4) is 0 Å². The second kappa shape index (κ2) is 9.95. The van der Waals surface area contributed by atoms with E-state index in [0.717, 1.165) is 9.16 Å². The molecule has 2 aliphatic rings. The molecule has 0 nitrogen and oxygen atoms in total. The Bertz CT molecular complexity index is 206. The molecule has 0 saturated carbocycles. The van der Waals surface area contributed by atoms with Crippen LogP contribution in [-0.4, -0.2) is 32.2 Å². The molecule has 2 aliphatic heterocycles. The van der Waals surface area contributed by atoms with E-state index in [2.05, 4.69) is 59.2 Å². The molecular weight excluding hydrogens is 296 g/mol. The number of rotatable bonds is 6. The standard InChI is InChI=1S/C14H24S4/c1(3-7-13-15-9-5-10-16-13)2-4-8-14-17-11-6-12-18-14/h1-2,13-14H,3-12H2/b2-1+. The Kier molecular flexibility index (Phi) is 8.59. The lowest BCUT2D eigenvalue weighted by molar-refractivity contribution is 0.893. The SMILES string of the molecule is C(=C\CCC1SCCCS1)/CCC1SCCCS1. The minimum absolute atomic E-state index is 0.882. The quantitative estimate of drug-likeness (QED) is 0.593. The third kappa shape index (κ3) is 6.53. The normalized spacial score (nSPS) is 23.8. The number of allylic oxidation sites excluding steroid dienone is 2. The van der Waals surface area contributed by atoms with E-state index in [1.54, 1.807) is 0 Å². The molecule has 0 aromatic carbocycles. The Morgan fingerprint density at radius 2 is 1.06 bits per heavy atom. The Morgan fingerprint density at radius 3 is 1.44 bits per heavy atom. The molecular formula is C14H24S4. The Balaban J connectivity index is 1.46. The highest BCUT2D eigenvalue weighted by atomic mass is 32.2. The van der Waals surface area contributed by atoms with Gasteiger partial charge in [-0.25, -0.2) is 0 Å². The van der Waals surface area contributed by atoms with Gasteiger partial charge in [0.1, 0.15) is 0 Å². The van der Waals surface area contributed by atoms with Gasteiger partial charge >= 0.3 is 0 Å². The first-order valence-corrected chi connectivity index (χ1v) is 11.3. The van der Waals surface area contributed by atoms with Crippen molar-refractivity contribution in [3.05, 3.63) is 12.2 Å². The van der Waals surface area contributed by atoms with Crippen molar-refractivity contribution in [1.82, 2.24) is 0 Å². The van der Waals surface area contributed by atoms with Gasteiger partial charge in [0.05, 0.1) is 9.16 Å². The molecule has 0 aromatic heterocycles. The molecule has 2 saturated heterocycles. The van der Waals surface area contributed by atoms with Crippen molar-refractivity contribution in [2.75, 3.05) is 23.0 Å². The third-order valence-corrected chi connectivity index (χ3v) is 9.26. The molecule has 18 heavy (non-hydrogen) atoms. The predicted molar refractivity (Wildman–Crippen MR) is 94.3 cm³/mol. The van der Waals surface area contributed by atoms with Gasteiger partial charge in [-0.3, -0.25) is 0 Å². The highest BCUT2D eigenvalue weighted by molar-refractivity contribution is 8.17. The average Bonchev–Trinajstić information content (AvgIpc) is 2.45. The van der Waals surface area contributed by atoms with Gasteiger partial charge in [0, 0.05) is 0 Å². The van der Waals surface area contributed by atoms with Gasteiger partial charge in [-0.05, 0) is 61.5 Å². The zero-order valence-corrected chi connectivity index (χ0v) is 14.3. The van der Waals surface area contributed by atoms with Gasteiger partial charge in [-0.1, -0.05) is 12.2 Å². The van der Waals surface area contributed by atoms with Crippen molar-refractivity contribution >= 4 is 47.0 Å². The Labute approximate surface area is 129 Å². The largest absolute Gasteiger partial charge is 0.148 e. The van der Waals surface area contributed by atoms with E-state index in [4.69, 9.17) is 0 Å². The van der Waals surface area contributed by atoms with Crippen LogP contribution in [0.4, 0.5) is 0 Å². The topological polar surface area (TPSA) is 0 Å². The van der Waals surface area contributed by atoms with E-state index in [-0.39, 0.29) is 0 Å². The molecule has 0 atom stereocenters. The third-order valence-electron chi connectivity index (χ3n) is 3.10. The Hall–Kier alpha value is 1.14. The molecule has 0 aromatic rings. The first kappa shape index (κ1) is 15.5. The van der Waals surface area contributed by atoms with E-state index in [1.165, 1.54) is 61.5 Å². The molecule has 0 aliphatic carbocycles. The van der Waals surface area contributed by atoms with Gasteiger partial charge in [-0.2, -0.15) is 0 Å². The summed E-state index contributed by atoms with van der Waals surface area (Å²) in [5, 5.41) is 0. The van der Waals surface area contributed by atoms with Crippen molar-refractivity contribution in [3.8, 4) is 0 Å². The van der Waals surface area contributed by atoms with Gasteiger partial charge in [0.15, 0.2) is 0 Å². The minimum atomic E-state index is 0.882. The maximum atomic E-state index is 2.42. The highest BCUT2D eigenvalue weighted by Crippen LogP contribution is 2.34. The van der Waals surface area contributed by atoms with Crippen LogP contribution < -0.4 is 0 Å². The van der Waals surface area contributed by atoms with Crippen LogP contribution in [0, 0.1) is 0 Å². The number of hydrogen-bond acceptors (Lipinski definition) is 4. The van der Waals surface area contributed by atoms with E-state index in [1.807, 2.05) is 0 Å². The summed E-state index contributed by atoms with van der Waals surface area (Å²) >= 11 is 8.69. The zero-order chi connectivity index (χ0) is 12.5. The molecule has 0 radical (unpaired) electrons. The predicted octanol–water partition coefficient (Wildman–Crippen LogP) is 5.50. The van der Waals surface area contributed by atoms with Crippen molar-refractivity contribution < 1.29 is 0 Å². The van der Waals surface area contributed by atoms with Crippen LogP contribution in [0.15, 0.2) is 12.2 Å². The van der Waals surface area contributed by atoms with Crippen LogP contribution >= 0.6 is 47.0 Å². The monoisotopic (exact) mass is 320 g/mol. The first-order valence-electron chi connectivity index (χ1n) is 7.06. The van der Waals surface area contributed by atoms with Crippen LogP contribution in [0.25, 0.3) is 0 Å². The number of hydrogen-bond donors (Lipinski definition) is 0. The minimum Gasteiger partial charge on any atom is -0.148 e. The molecule has 2 rings (SSSR count). The Morgan fingerprint density at radius 1 is 0.667 bits per heavy atom. The molecule has 4 heteroatoms. The van der Waals surface area contributed by atoms with E-state index in [9.17, 15) is 0 Å². The summed E-state index contributed by atoms with van der Waals surface area (Å²) in [5.74, 6) is 5.55. The zero-order valence-electron chi connectivity index (χ0n) is 11.0. The van der Waals surface area contributed by atoms with Gasteiger partial charge < -0.3 is 0 Å². The smallest absolute Gasteiger partial charge is 0.0505 e. The van der Waals surface area contributed by atoms with Gasteiger partial charge in [0.2, 0.25) is 0 Å². The maximum absolute atomic E-state index is 2.42. The summed E-state index contributed by atoms with van der Waals surface area (Å²) in [6, 6.07) is 0. The molecule has 2 heterocycles. The highest BCUT2D eigenvalue weighted by Gasteiger charge is 2.13. The fourth-order valence-corrected chi connectivity index (χ4v) is 7.90. The second-order valence-electron chi connectivity index (χ2n) is 4.68. The summed E-state index contributed by atoms with van der Waals surface area (Å²) in [5.41, 5.74) is 0. The average molecular weight is 321 g/mol. The van der Waals surface area contributed by atoms with E-state index < -0.39 is 0 Å². The van der Waals surface area contributed by atoms with Crippen molar-refractivity contribution in [2.45, 2.75) is 47.7 Å². The first-order chi connectivity index (χ1) is 8.95. The summed E-state index contributed by atoms with van der Waals surface area (Å²) in [7, 11) is 0. The molecule has 0 spiro atoms. The maximum Gasteiger partial charge on any atom is 0.0505 e. The van der Waals surface area contributed by atoms with Crippen LogP contribution in [0.2, 0.25) is 0 Å². The van der Waals surface area contributed by atoms with E-state index in [0.29, 0.717) is 0 Å². The van der Waals surface area contributed by atoms with Crippen molar-refractivity contribution in [1.29, 1.82) is 0 Å². The molecule has 2 fully saturated rings. The van der Waals surface area contributed by atoms with E-state index >= 15 is 0 Å². The molecule has 0 amide bonds.